The van der Waals surface area contributed by atoms with Gasteiger partial charge in [0.25, 0.3) is 7.48 Å². The third-order valence-electron chi connectivity index (χ3n) is 7.01. The molecular formula is C26H34BO9. The molecule has 2 bridgehead atoms. The van der Waals surface area contributed by atoms with Crippen LogP contribution in [-0.4, -0.2) is 74.0 Å². The van der Waals surface area contributed by atoms with Gasteiger partial charge in [-0.2, -0.15) is 0 Å². The molecule has 0 spiro atoms. The molecule has 9 nitrogen and oxygen atoms in total. The molecule has 3 aliphatic carbocycles. The van der Waals surface area contributed by atoms with Crippen molar-refractivity contribution in [1.82, 2.24) is 0 Å². The highest BCUT2D eigenvalue weighted by molar-refractivity contribution is 6.26. The summed E-state index contributed by atoms with van der Waals surface area (Å²) in [5, 5.41) is 0. The van der Waals surface area contributed by atoms with Crippen molar-refractivity contribution in [3.8, 4) is 11.5 Å². The van der Waals surface area contributed by atoms with Crippen molar-refractivity contribution in [2.75, 3.05) is 42.7 Å². The maximum absolute atomic E-state index is 13.4. The van der Waals surface area contributed by atoms with E-state index >= 15 is 0 Å². The first kappa shape index (κ1) is 27.8. The van der Waals surface area contributed by atoms with Crippen LogP contribution in [0.5, 0.6) is 11.5 Å². The van der Waals surface area contributed by atoms with E-state index in [1.165, 1.54) is 34.5 Å². The van der Waals surface area contributed by atoms with Gasteiger partial charge in [-0.3, -0.25) is 4.79 Å². The smallest absolute Gasteiger partial charge is 0.330 e. The minimum absolute atomic E-state index is 0.369. The zero-order valence-corrected chi connectivity index (χ0v) is 21.8. The largest absolute Gasteiger partial charge is 0.493 e. The highest BCUT2D eigenvalue weighted by Gasteiger charge is 2.66. The standard InChI is InChI=1S/C26H34BO9/c1-8-27-36-24-17-13-16(10-12-20(28)32-4)23(26(24,34-6)35-7)22(25(29)33-5)21(17)15-9-11-18(30-2)19(14-15)31-3/h9-14,17,21-24H,8H2,1-7H3/b12-10+. The van der Waals surface area contributed by atoms with Gasteiger partial charge in [-0.25, -0.2) is 4.79 Å². The van der Waals surface area contributed by atoms with Crippen molar-refractivity contribution in [2.45, 2.75) is 31.1 Å². The van der Waals surface area contributed by atoms with Gasteiger partial charge in [0, 0.05) is 32.1 Å². The fraction of sp³-hybridized carbons (Fsp3) is 0.538. The molecule has 0 heterocycles. The number of methoxy groups -OCH3 is 6. The summed E-state index contributed by atoms with van der Waals surface area (Å²) in [7, 11) is 10.5. The van der Waals surface area contributed by atoms with Crippen LogP contribution < -0.4 is 9.47 Å². The van der Waals surface area contributed by atoms with Crippen LogP contribution in [0.3, 0.4) is 0 Å². The summed E-state index contributed by atoms with van der Waals surface area (Å²) in [6.45, 7) is 1.96. The quantitative estimate of drug-likeness (QED) is 0.196. The summed E-state index contributed by atoms with van der Waals surface area (Å²) >= 11 is 0. The van der Waals surface area contributed by atoms with Gasteiger partial charge in [0.15, 0.2) is 11.5 Å². The molecule has 1 radical (unpaired) electrons. The molecule has 0 aromatic heterocycles. The first-order valence-corrected chi connectivity index (χ1v) is 11.7. The monoisotopic (exact) mass is 501 g/mol. The predicted octanol–water partition coefficient (Wildman–Crippen LogP) is 2.92. The second kappa shape index (κ2) is 11.9. The number of rotatable bonds is 11. The van der Waals surface area contributed by atoms with Crippen molar-refractivity contribution in [1.29, 1.82) is 0 Å². The Hall–Kier alpha value is -2.82. The van der Waals surface area contributed by atoms with E-state index in [9.17, 15) is 9.59 Å². The molecule has 5 atom stereocenters. The van der Waals surface area contributed by atoms with E-state index in [2.05, 4.69) is 0 Å². The molecule has 36 heavy (non-hydrogen) atoms. The summed E-state index contributed by atoms with van der Waals surface area (Å²) in [4.78, 5) is 25.3. The lowest BCUT2D eigenvalue weighted by molar-refractivity contribution is -0.311. The molecule has 4 rings (SSSR count). The van der Waals surface area contributed by atoms with Gasteiger partial charge in [-0.15, -0.1) is 0 Å². The van der Waals surface area contributed by atoms with E-state index in [-0.39, 0.29) is 5.92 Å². The van der Waals surface area contributed by atoms with E-state index in [1.54, 1.807) is 33.8 Å². The van der Waals surface area contributed by atoms with E-state index < -0.39 is 41.6 Å². The van der Waals surface area contributed by atoms with Gasteiger partial charge in [0.1, 0.15) is 6.10 Å². The second-order valence-corrected chi connectivity index (χ2v) is 8.53. The third kappa shape index (κ3) is 4.77. The average Bonchev–Trinajstić information content (AvgIpc) is 2.93. The molecule has 5 unspecified atom stereocenters. The Balaban J connectivity index is 2.27. The van der Waals surface area contributed by atoms with Crippen LogP contribution in [0, 0.1) is 17.8 Å². The van der Waals surface area contributed by atoms with Crippen LogP contribution in [0.2, 0.25) is 6.32 Å². The lowest BCUT2D eigenvalue weighted by Gasteiger charge is -2.59. The van der Waals surface area contributed by atoms with Crippen LogP contribution in [0.15, 0.2) is 42.0 Å². The van der Waals surface area contributed by atoms with Gasteiger partial charge >= 0.3 is 11.9 Å². The van der Waals surface area contributed by atoms with Gasteiger partial charge in [0.05, 0.1) is 40.3 Å². The summed E-state index contributed by atoms with van der Waals surface area (Å²) in [6, 6.07) is 5.57. The Kier molecular flexibility index (Phi) is 9.21. The number of fused-ring (bicyclic) bond motifs is 2. The molecule has 1 aromatic carbocycles. The van der Waals surface area contributed by atoms with Crippen LogP contribution in [0.4, 0.5) is 0 Å². The first-order chi connectivity index (χ1) is 17.4. The maximum Gasteiger partial charge on any atom is 0.330 e. The van der Waals surface area contributed by atoms with Crippen molar-refractivity contribution in [3.05, 3.63) is 47.6 Å². The van der Waals surface area contributed by atoms with Crippen molar-refractivity contribution in [2.24, 2.45) is 17.8 Å². The molecule has 1 aromatic rings. The summed E-state index contributed by atoms with van der Waals surface area (Å²) in [5.41, 5.74) is 1.54. The molecule has 0 aliphatic heterocycles. The molecule has 3 aliphatic rings. The zero-order valence-electron chi connectivity index (χ0n) is 21.8. The van der Waals surface area contributed by atoms with Gasteiger partial charge < -0.3 is 33.1 Å². The number of benzene rings is 1. The second-order valence-electron chi connectivity index (χ2n) is 8.53. The van der Waals surface area contributed by atoms with E-state index in [0.717, 1.165) is 5.56 Å². The minimum Gasteiger partial charge on any atom is -0.493 e. The predicted molar refractivity (Wildman–Crippen MR) is 132 cm³/mol. The molecule has 0 N–H and O–H groups in total. The third-order valence-corrected chi connectivity index (χ3v) is 7.01. The minimum atomic E-state index is -1.33. The molecule has 1 fully saturated rings. The van der Waals surface area contributed by atoms with Crippen LogP contribution in [-0.2, 0) is 33.2 Å². The van der Waals surface area contributed by atoms with Gasteiger partial charge in [-0.05, 0) is 23.3 Å². The SMILES string of the molecule is CC[B]OC1C2C=C(/C=C/C(=O)OC)C(C(C(=O)OC)C2c2ccc(OC)c(OC)c2)C1(OC)OC. The lowest BCUT2D eigenvalue weighted by atomic mass is 9.53. The fourth-order valence-corrected chi connectivity index (χ4v) is 5.54. The summed E-state index contributed by atoms with van der Waals surface area (Å²) < 4.78 is 39.3. The van der Waals surface area contributed by atoms with Crippen molar-refractivity contribution < 1.29 is 42.7 Å². The molecule has 10 heteroatoms. The Bertz CT molecular complexity index is 1000. The number of hydrogen-bond acceptors (Lipinski definition) is 9. The fourth-order valence-electron chi connectivity index (χ4n) is 5.54. The highest BCUT2D eigenvalue weighted by atomic mass is 16.7. The molecule has 1 saturated carbocycles. The number of hydrogen-bond donors (Lipinski definition) is 0. The molecule has 0 saturated heterocycles. The highest BCUT2D eigenvalue weighted by Crippen LogP contribution is 2.60. The van der Waals surface area contributed by atoms with Crippen LogP contribution in [0.1, 0.15) is 18.4 Å². The van der Waals surface area contributed by atoms with E-state index in [1.807, 2.05) is 25.1 Å². The van der Waals surface area contributed by atoms with Crippen LogP contribution >= 0.6 is 0 Å². The van der Waals surface area contributed by atoms with Gasteiger partial charge in [0.2, 0.25) is 5.79 Å². The Labute approximate surface area is 212 Å². The zero-order chi connectivity index (χ0) is 26.5. The van der Waals surface area contributed by atoms with Crippen LogP contribution in [0.25, 0.3) is 0 Å². The first-order valence-electron chi connectivity index (χ1n) is 11.7. The number of ether oxygens (including phenoxy) is 6. The van der Waals surface area contributed by atoms with E-state index in [0.29, 0.717) is 23.4 Å². The van der Waals surface area contributed by atoms with Crippen molar-refractivity contribution in [3.63, 3.8) is 0 Å². The van der Waals surface area contributed by atoms with Gasteiger partial charge in [-0.1, -0.05) is 31.5 Å². The Morgan fingerprint density at radius 2 is 1.69 bits per heavy atom. The normalized spacial score (nSPS) is 26.3. The Morgan fingerprint density at radius 1 is 1.00 bits per heavy atom. The molecular weight excluding hydrogens is 467 g/mol. The van der Waals surface area contributed by atoms with Crippen molar-refractivity contribution >= 4 is 19.4 Å². The maximum atomic E-state index is 13.4. The summed E-state index contributed by atoms with van der Waals surface area (Å²) in [6.07, 6.45) is 5.03. The Morgan fingerprint density at radius 3 is 2.25 bits per heavy atom. The summed E-state index contributed by atoms with van der Waals surface area (Å²) in [5.74, 6) is -3.31. The topological polar surface area (TPSA) is 98.8 Å². The molecule has 195 valence electrons. The van der Waals surface area contributed by atoms with E-state index in [4.69, 9.17) is 33.1 Å². The number of allylic oxidation sites excluding steroid dienone is 1. The lowest BCUT2D eigenvalue weighted by Crippen LogP contribution is -2.67. The number of carbonyl (C=O) groups is 2. The number of esters is 2. The number of carbonyl (C=O) groups excluding carboxylic acids is 2. The molecule has 0 amide bonds. The average molecular weight is 501 g/mol.